The van der Waals surface area contributed by atoms with Crippen molar-refractivity contribution >= 4 is 23.7 Å². The van der Waals surface area contributed by atoms with Crippen molar-refractivity contribution in [2.45, 2.75) is 31.0 Å². The molecule has 0 aliphatic rings. The number of imidazole rings is 1. The third kappa shape index (κ3) is 6.56. The van der Waals surface area contributed by atoms with Crippen LogP contribution in [0.4, 0.5) is 0 Å². The summed E-state index contributed by atoms with van der Waals surface area (Å²) in [5.41, 5.74) is 10.8. The number of nitrogens with zero attached hydrogens (tertiary/aromatic N) is 1. The first-order valence-corrected chi connectivity index (χ1v) is 7.20. The van der Waals surface area contributed by atoms with Crippen LogP contribution in [-0.2, 0) is 25.6 Å². The Bertz CT molecular complexity index is 619. The molecule has 1 aromatic heterocycles. The van der Waals surface area contributed by atoms with E-state index in [2.05, 4.69) is 20.6 Å². The van der Waals surface area contributed by atoms with Gasteiger partial charge in [0.2, 0.25) is 17.7 Å². The highest BCUT2D eigenvalue weighted by molar-refractivity contribution is 5.93. The van der Waals surface area contributed by atoms with Crippen LogP contribution >= 0.6 is 0 Å². The number of aliphatic hydroxyl groups is 1. The number of amides is 3. The minimum absolute atomic E-state index is 0.0430. The van der Waals surface area contributed by atoms with Crippen LogP contribution < -0.4 is 22.1 Å². The zero-order chi connectivity index (χ0) is 19.0. The molecule has 0 saturated heterocycles. The van der Waals surface area contributed by atoms with E-state index in [1.54, 1.807) is 0 Å². The molecule has 3 unspecified atom stereocenters. The predicted octanol–water partition coefficient (Wildman–Crippen LogP) is -3.80. The summed E-state index contributed by atoms with van der Waals surface area (Å²) in [6.07, 6.45) is 2.12. The van der Waals surface area contributed by atoms with E-state index in [0.29, 0.717) is 5.69 Å². The summed E-state index contributed by atoms with van der Waals surface area (Å²) in [5, 5.41) is 22.4. The number of aromatic amines is 1. The number of hydrogen-bond acceptors (Lipinski definition) is 7. The van der Waals surface area contributed by atoms with Crippen LogP contribution in [0.2, 0.25) is 0 Å². The van der Waals surface area contributed by atoms with Crippen molar-refractivity contribution in [3.05, 3.63) is 18.2 Å². The Labute approximate surface area is 142 Å². The number of H-pyrrole nitrogens is 1. The number of rotatable bonds is 10. The van der Waals surface area contributed by atoms with Crippen LogP contribution in [0.5, 0.6) is 0 Å². The molecule has 0 saturated carbocycles. The van der Waals surface area contributed by atoms with E-state index in [9.17, 15) is 19.2 Å². The van der Waals surface area contributed by atoms with Gasteiger partial charge in [-0.25, -0.2) is 9.78 Å². The number of carboxylic acid groups (broad SMARTS) is 1. The molecule has 12 nitrogen and oxygen atoms in total. The van der Waals surface area contributed by atoms with Crippen molar-refractivity contribution in [1.82, 2.24) is 20.6 Å². The summed E-state index contributed by atoms with van der Waals surface area (Å²) >= 11 is 0. The van der Waals surface area contributed by atoms with Gasteiger partial charge < -0.3 is 37.3 Å². The quantitative estimate of drug-likeness (QED) is 0.220. The van der Waals surface area contributed by atoms with Gasteiger partial charge in [-0.1, -0.05) is 0 Å². The van der Waals surface area contributed by atoms with Gasteiger partial charge in [0.1, 0.15) is 18.1 Å². The largest absolute Gasteiger partial charge is 0.480 e. The van der Waals surface area contributed by atoms with Gasteiger partial charge in [-0.05, 0) is 0 Å². The summed E-state index contributed by atoms with van der Waals surface area (Å²) in [4.78, 5) is 52.7. The lowest BCUT2D eigenvalue weighted by Gasteiger charge is -2.21. The van der Waals surface area contributed by atoms with Gasteiger partial charge in [-0.2, -0.15) is 0 Å². The maximum atomic E-state index is 12.3. The van der Waals surface area contributed by atoms with Crippen molar-refractivity contribution in [2.24, 2.45) is 11.5 Å². The van der Waals surface area contributed by atoms with Crippen molar-refractivity contribution in [3.63, 3.8) is 0 Å². The number of aromatic nitrogens is 2. The number of nitrogens with two attached hydrogens (primary N) is 2. The molecule has 0 aromatic carbocycles. The highest BCUT2D eigenvalue weighted by atomic mass is 16.4. The molecule has 0 bridgehead atoms. The minimum Gasteiger partial charge on any atom is -0.480 e. The third-order valence-corrected chi connectivity index (χ3v) is 3.17. The van der Waals surface area contributed by atoms with Gasteiger partial charge in [0.25, 0.3) is 0 Å². The van der Waals surface area contributed by atoms with E-state index in [-0.39, 0.29) is 6.42 Å². The van der Waals surface area contributed by atoms with E-state index in [1.807, 2.05) is 0 Å². The van der Waals surface area contributed by atoms with Crippen molar-refractivity contribution < 1.29 is 29.4 Å². The topological polar surface area (TPSA) is 214 Å². The number of primary amides is 1. The molecule has 3 atom stereocenters. The maximum Gasteiger partial charge on any atom is 0.326 e. The molecule has 0 spiro atoms. The average Bonchev–Trinajstić information content (AvgIpc) is 3.05. The second-order valence-electron chi connectivity index (χ2n) is 5.20. The summed E-state index contributed by atoms with van der Waals surface area (Å²) in [5.74, 6) is -4.03. The number of aliphatic hydroxyl groups excluding tert-OH is 1. The van der Waals surface area contributed by atoms with Crippen molar-refractivity contribution in [3.8, 4) is 0 Å². The molecule has 138 valence electrons. The van der Waals surface area contributed by atoms with Crippen molar-refractivity contribution in [2.75, 3.05) is 6.61 Å². The van der Waals surface area contributed by atoms with Crippen LogP contribution in [-0.4, -0.2) is 68.6 Å². The minimum atomic E-state index is -1.54. The fourth-order valence-electron chi connectivity index (χ4n) is 1.86. The molecule has 0 aliphatic heterocycles. The molecule has 25 heavy (non-hydrogen) atoms. The van der Waals surface area contributed by atoms with Crippen molar-refractivity contribution in [1.29, 1.82) is 0 Å². The summed E-state index contributed by atoms with van der Waals surface area (Å²) in [7, 11) is 0. The number of carbonyl (C=O) groups is 4. The molecule has 1 heterocycles. The number of nitrogens with one attached hydrogen (secondary N) is 3. The van der Waals surface area contributed by atoms with E-state index < -0.39 is 54.8 Å². The van der Waals surface area contributed by atoms with E-state index in [0.717, 1.165) is 0 Å². The second kappa shape index (κ2) is 9.34. The van der Waals surface area contributed by atoms with Gasteiger partial charge in [0.15, 0.2) is 0 Å². The van der Waals surface area contributed by atoms with E-state index in [1.165, 1.54) is 12.5 Å². The molecular weight excluding hydrogens is 336 g/mol. The van der Waals surface area contributed by atoms with E-state index in [4.69, 9.17) is 21.7 Å². The lowest BCUT2D eigenvalue weighted by molar-refractivity contribution is -0.143. The zero-order valence-electron chi connectivity index (χ0n) is 13.1. The number of carboxylic acids is 1. The van der Waals surface area contributed by atoms with Gasteiger partial charge in [-0.3, -0.25) is 14.4 Å². The molecule has 0 radical (unpaired) electrons. The highest BCUT2D eigenvalue weighted by Crippen LogP contribution is 2.02. The first kappa shape index (κ1) is 20.1. The van der Waals surface area contributed by atoms with Gasteiger partial charge in [0.05, 0.1) is 19.4 Å². The zero-order valence-corrected chi connectivity index (χ0v) is 13.1. The fourth-order valence-corrected chi connectivity index (χ4v) is 1.86. The van der Waals surface area contributed by atoms with Crippen LogP contribution in [0.25, 0.3) is 0 Å². The van der Waals surface area contributed by atoms with Crippen LogP contribution in [0.1, 0.15) is 12.1 Å². The maximum absolute atomic E-state index is 12.3. The Morgan fingerprint density at radius 3 is 2.32 bits per heavy atom. The summed E-state index contributed by atoms with van der Waals surface area (Å²) in [6, 6.07) is -4.00. The van der Waals surface area contributed by atoms with Gasteiger partial charge in [-0.15, -0.1) is 0 Å². The predicted molar refractivity (Wildman–Crippen MR) is 82.7 cm³/mol. The summed E-state index contributed by atoms with van der Waals surface area (Å²) < 4.78 is 0. The lowest BCUT2D eigenvalue weighted by atomic mass is 10.1. The molecule has 0 fully saturated rings. The normalized spacial score (nSPS) is 14.2. The molecule has 3 amide bonds. The van der Waals surface area contributed by atoms with Crippen LogP contribution in [0.3, 0.4) is 0 Å². The second-order valence-corrected chi connectivity index (χ2v) is 5.20. The number of hydrogen-bond donors (Lipinski definition) is 7. The monoisotopic (exact) mass is 356 g/mol. The van der Waals surface area contributed by atoms with Gasteiger partial charge in [0, 0.05) is 18.3 Å². The van der Waals surface area contributed by atoms with Gasteiger partial charge >= 0.3 is 5.97 Å². The Morgan fingerprint density at radius 2 is 1.84 bits per heavy atom. The Balaban J connectivity index is 2.88. The molecule has 0 aliphatic carbocycles. The molecule has 1 aromatic rings. The first-order chi connectivity index (χ1) is 11.7. The molecule has 1 rings (SSSR count). The molecular formula is C13H20N6O6. The SMILES string of the molecule is NC(=O)CC(NC(=O)C(Cc1cnc[nH]1)NC(=O)C(N)CO)C(=O)O. The van der Waals surface area contributed by atoms with E-state index >= 15 is 0 Å². The smallest absolute Gasteiger partial charge is 0.326 e. The number of carbonyl (C=O) groups excluding carboxylic acids is 3. The fraction of sp³-hybridized carbons (Fsp3) is 0.462. The lowest BCUT2D eigenvalue weighted by Crippen LogP contribution is -2.56. The molecule has 9 N–H and O–H groups in total. The average molecular weight is 356 g/mol. The van der Waals surface area contributed by atoms with Crippen LogP contribution in [0, 0.1) is 0 Å². The first-order valence-electron chi connectivity index (χ1n) is 7.20. The summed E-state index contributed by atoms with van der Waals surface area (Å²) in [6.45, 7) is -0.635. The third-order valence-electron chi connectivity index (χ3n) is 3.17. The Hall–Kier alpha value is -2.99. The molecule has 12 heteroatoms. The highest BCUT2D eigenvalue weighted by Gasteiger charge is 2.29. The Kier molecular flexibility index (Phi) is 7.49. The van der Waals surface area contributed by atoms with Crippen LogP contribution in [0.15, 0.2) is 12.5 Å². The standard InChI is InChI=1S/C13H20N6O6/c14-7(4-20)11(22)18-8(1-6-3-16-5-17-6)12(23)19-9(13(24)25)2-10(15)21/h3,5,7-9,20H,1-2,4,14H2,(H2,15,21)(H,16,17)(H,18,22)(H,19,23)(H,24,25). The Morgan fingerprint density at radius 1 is 1.20 bits per heavy atom. The number of aliphatic carboxylic acids is 1.